The molecule has 3 fully saturated rings. The number of carbonyl (C=O) groups excluding carboxylic acids is 2. The Morgan fingerprint density at radius 2 is 1.88 bits per heavy atom. The van der Waals surface area contributed by atoms with E-state index in [9.17, 15) is 9.59 Å². The standard InChI is InChI=1S/C34H38N2O5S2/c1-39-26-16-25(17-27(19-26)40-2)29-18-24(9-6-12-35-32(37)15-21-7-4-3-5-8-21)30(41-29)20-31-33(38)36(34(42)43-31)28-14-22-10-11-23(28)13-22/h3-5,7-8,16-20,22-24,28,30H,6,9-15H2,1-2H3,(H,35,37)/b31-20-. The van der Waals surface area contributed by atoms with E-state index in [2.05, 4.69) is 11.4 Å². The third-order valence-electron chi connectivity index (χ3n) is 9.10. The molecule has 2 bridgehead atoms. The van der Waals surface area contributed by atoms with Crippen LogP contribution in [-0.2, 0) is 20.7 Å². The first kappa shape index (κ1) is 29.8. The number of hydrogen-bond donors (Lipinski definition) is 1. The summed E-state index contributed by atoms with van der Waals surface area (Å²) in [5, 5.41) is 3.05. The minimum Gasteiger partial charge on any atom is -0.497 e. The zero-order chi connectivity index (χ0) is 29.9. The van der Waals surface area contributed by atoms with Gasteiger partial charge in [-0.3, -0.25) is 14.5 Å². The summed E-state index contributed by atoms with van der Waals surface area (Å²) < 4.78 is 18.2. The number of nitrogens with one attached hydrogen (secondary N) is 1. The van der Waals surface area contributed by atoms with Crippen molar-refractivity contribution in [3.8, 4) is 11.5 Å². The quantitative estimate of drug-likeness (QED) is 0.184. The van der Waals surface area contributed by atoms with Crippen molar-refractivity contribution in [1.29, 1.82) is 0 Å². The van der Waals surface area contributed by atoms with E-state index < -0.39 is 0 Å². The Morgan fingerprint density at radius 3 is 2.56 bits per heavy atom. The summed E-state index contributed by atoms with van der Waals surface area (Å²) in [7, 11) is 3.25. The second kappa shape index (κ2) is 13.1. The van der Waals surface area contributed by atoms with Gasteiger partial charge in [-0.1, -0.05) is 60.7 Å². The van der Waals surface area contributed by atoms with E-state index in [-0.39, 0.29) is 29.9 Å². The minimum atomic E-state index is -0.332. The zero-order valence-corrected chi connectivity index (χ0v) is 26.3. The molecule has 226 valence electrons. The highest BCUT2D eigenvalue weighted by molar-refractivity contribution is 8.26. The van der Waals surface area contributed by atoms with Crippen molar-refractivity contribution in [2.45, 2.75) is 57.1 Å². The van der Waals surface area contributed by atoms with Crippen LogP contribution >= 0.6 is 24.0 Å². The van der Waals surface area contributed by atoms with Gasteiger partial charge in [-0.15, -0.1) is 0 Å². The SMILES string of the molecule is COc1cc(OC)cc(C2=CC(CCCNC(=O)Cc3ccccc3)C(/C=C3\SC(=S)N(C4CC5CCC4C5)C3=O)O2)c1. The molecule has 9 heteroatoms. The molecule has 0 aromatic heterocycles. The summed E-state index contributed by atoms with van der Waals surface area (Å²) in [5.41, 5.74) is 1.84. The van der Waals surface area contributed by atoms with Crippen LogP contribution in [0.1, 0.15) is 49.7 Å². The van der Waals surface area contributed by atoms with Crippen molar-refractivity contribution in [2.75, 3.05) is 20.8 Å². The second-order valence-corrected chi connectivity index (χ2v) is 13.5. The van der Waals surface area contributed by atoms with Crippen LogP contribution in [0.25, 0.3) is 5.76 Å². The van der Waals surface area contributed by atoms with Crippen LogP contribution in [-0.4, -0.2) is 53.9 Å². The van der Waals surface area contributed by atoms with E-state index in [1.807, 2.05) is 59.5 Å². The zero-order valence-electron chi connectivity index (χ0n) is 24.6. The van der Waals surface area contributed by atoms with E-state index in [4.69, 9.17) is 26.4 Å². The molecule has 7 nitrogen and oxygen atoms in total. The molecule has 2 saturated carbocycles. The molecule has 1 saturated heterocycles. The maximum Gasteiger partial charge on any atom is 0.266 e. The van der Waals surface area contributed by atoms with E-state index in [0.717, 1.165) is 42.1 Å². The predicted octanol–water partition coefficient (Wildman–Crippen LogP) is 6.13. The van der Waals surface area contributed by atoms with Gasteiger partial charge in [0.1, 0.15) is 27.7 Å². The smallest absolute Gasteiger partial charge is 0.266 e. The largest absolute Gasteiger partial charge is 0.497 e. The van der Waals surface area contributed by atoms with Crippen molar-refractivity contribution < 1.29 is 23.8 Å². The lowest BCUT2D eigenvalue weighted by molar-refractivity contribution is -0.124. The summed E-state index contributed by atoms with van der Waals surface area (Å²) in [5.74, 6) is 3.40. The summed E-state index contributed by atoms with van der Waals surface area (Å²) in [6.45, 7) is 0.567. The number of hydrogen-bond acceptors (Lipinski definition) is 7. The van der Waals surface area contributed by atoms with Crippen LogP contribution in [0.3, 0.4) is 0 Å². The monoisotopic (exact) mass is 618 g/mol. The van der Waals surface area contributed by atoms with E-state index in [1.54, 1.807) is 14.2 Å². The third kappa shape index (κ3) is 6.63. The first-order valence-electron chi connectivity index (χ1n) is 15.1. The Morgan fingerprint density at radius 1 is 1.12 bits per heavy atom. The first-order chi connectivity index (χ1) is 20.9. The Hall–Kier alpha value is -3.30. The van der Waals surface area contributed by atoms with Gasteiger partial charge in [-0.05, 0) is 73.8 Å². The highest BCUT2D eigenvalue weighted by atomic mass is 32.2. The molecule has 2 aliphatic carbocycles. The fraction of sp³-hybridized carbons (Fsp3) is 0.441. The Balaban J connectivity index is 1.16. The van der Waals surface area contributed by atoms with Gasteiger partial charge < -0.3 is 19.5 Å². The summed E-state index contributed by atoms with van der Waals surface area (Å²) in [6.07, 6.45) is 10.4. The maximum absolute atomic E-state index is 13.7. The molecule has 4 aliphatic rings. The highest BCUT2D eigenvalue weighted by Crippen LogP contribution is 2.49. The second-order valence-electron chi connectivity index (χ2n) is 11.8. The van der Waals surface area contributed by atoms with Gasteiger partial charge in [0.2, 0.25) is 5.91 Å². The predicted molar refractivity (Wildman–Crippen MR) is 173 cm³/mol. The van der Waals surface area contributed by atoms with Gasteiger partial charge in [0.05, 0.1) is 25.5 Å². The van der Waals surface area contributed by atoms with Crippen molar-refractivity contribution in [1.82, 2.24) is 10.2 Å². The lowest BCUT2D eigenvalue weighted by Crippen LogP contribution is -2.41. The molecule has 0 spiro atoms. The molecule has 2 aromatic rings. The van der Waals surface area contributed by atoms with Crippen LogP contribution in [0, 0.1) is 17.8 Å². The van der Waals surface area contributed by atoms with E-state index in [0.29, 0.717) is 39.6 Å². The molecule has 5 unspecified atom stereocenters. The lowest BCUT2D eigenvalue weighted by atomic mass is 9.94. The Bertz CT molecular complexity index is 1420. The number of fused-ring (bicyclic) bond motifs is 2. The molecule has 6 rings (SSSR count). The van der Waals surface area contributed by atoms with Gasteiger partial charge in [-0.2, -0.15) is 0 Å². The van der Waals surface area contributed by atoms with Crippen molar-refractivity contribution in [2.24, 2.45) is 17.8 Å². The Kier molecular flexibility index (Phi) is 9.09. The molecule has 2 amide bonds. The van der Waals surface area contributed by atoms with Gasteiger partial charge in [0.25, 0.3) is 5.91 Å². The van der Waals surface area contributed by atoms with Crippen LogP contribution in [0.4, 0.5) is 0 Å². The number of thiocarbonyl (C=S) groups is 1. The number of carbonyl (C=O) groups is 2. The van der Waals surface area contributed by atoms with Crippen molar-refractivity contribution in [3.05, 3.63) is 76.7 Å². The number of benzene rings is 2. The van der Waals surface area contributed by atoms with Gasteiger partial charge in [0, 0.05) is 30.1 Å². The molecule has 0 radical (unpaired) electrons. The van der Waals surface area contributed by atoms with Crippen molar-refractivity contribution in [3.63, 3.8) is 0 Å². The summed E-state index contributed by atoms with van der Waals surface area (Å²) >= 11 is 7.13. The molecule has 5 atom stereocenters. The molecule has 43 heavy (non-hydrogen) atoms. The first-order valence-corrected chi connectivity index (χ1v) is 16.3. The highest BCUT2D eigenvalue weighted by Gasteiger charge is 2.48. The van der Waals surface area contributed by atoms with Gasteiger partial charge >= 0.3 is 0 Å². The fourth-order valence-electron chi connectivity index (χ4n) is 6.95. The molecule has 1 N–H and O–H groups in total. The van der Waals surface area contributed by atoms with E-state index >= 15 is 0 Å². The average Bonchev–Trinajstić information content (AvgIpc) is 3.80. The van der Waals surface area contributed by atoms with E-state index in [1.165, 1.54) is 31.0 Å². The third-order valence-corrected chi connectivity index (χ3v) is 10.5. The van der Waals surface area contributed by atoms with Crippen LogP contribution < -0.4 is 14.8 Å². The van der Waals surface area contributed by atoms with Gasteiger partial charge in [-0.25, -0.2) is 0 Å². The number of rotatable bonds is 11. The summed E-state index contributed by atoms with van der Waals surface area (Å²) in [4.78, 5) is 28.7. The molecule has 2 heterocycles. The lowest BCUT2D eigenvalue weighted by Gasteiger charge is -2.30. The van der Waals surface area contributed by atoms with Crippen LogP contribution in [0.5, 0.6) is 11.5 Å². The normalized spacial score (nSPS) is 27.0. The van der Waals surface area contributed by atoms with Crippen LogP contribution in [0.15, 0.2) is 65.6 Å². The summed E-state index contributed by atoms with van der Waals surface area (Å²) in [6, 6.07) is 15.6. The van der Waals surface area contributed by atoms with Crippen LogP contribution in [0.2, 0.25) is 0 Å². The number of nitrogens with zero attached hydrogens (tertiary/aromatic N) is 1. The number of thioether (sulfide) groups is 1. The van der Waals surface area contributed by atoms with Crippen molar-refractivity contribution >= 4 is 45.9 Å². The average molecular weight is 619 g/mol. The molecule has 2 aromatic carbocycles. The molecule has 2 aliphatic heterocycles. The van der Waals surface area contributed by atoms with Gasteiger partial charge in [0.15, 0.2) is 0 Å². The topological polar surface area (TPSA) is 77.1 Å². The number of amides is 2. The Labute approximate surface area is 263 Å². The fourth-order valence-corrected chi connectivity index (χ4v) is 8.33. The number of ether oxygens (including phenoxy) is 3. The number of methoxy groups -OCH3 is 2. The minimum absolute atomic E-state index is 0.00872. The molecular formula is C34H38N2O5S2. The maximum atomic E-state index is 13.7. The molecular weight excluding hydrogens is 581 g/mol.